The smallest absolute Gasteiger partial charge is 0.321 e. The van der Waals surface area contributed by atoms with Gasteiger partial charge in [-0.15, -0.1) is 0 Å². The number of hydrogen-bond acceptors (Lipinski definition) is 5. The summed E-state index contributed by atoms with van der Waals surface area (Å²) in [4.78, 5) is 37.4. The topological polar surface area (TPSA) is 102 Å². The molecule has 1 rings (SSSR count). The number of carbonyl (C=O) groups excluding carboxylic acids is 2. The SMILES string of the molecule is CNC(=O)NC(=O)C(C)N1CCN(CCC(=O)O)CC1. The highest BCUT2D eigenvalue weighted by Gasteiger charge is 2.26. The minimum Gasteiger partial charge on any atom is -0.481 e. The summed E-state index contributed by atoms with van der Waals surface area (Å²) in [5.74, 6) is -1.13. The Labute approximate surface area is 118 Å². The molecule has 0 aromatic heterocycles. The third-order valence-electron chi connectivity index (χ3n) is 3.44. The van der Waals surface area contributed by atoms with Crippen LogP contribution in [0.25, 0.3) is 0 Å². The van der Waals surface area contributed by atoms with Gasteiger partial charge in [0.15, 0.2) is 0 Å². The maximum absolute atomic E-state index is 11.8. The van der Waals surface area contributed by atoms with Crippen LogP contribution in [-0.4, -0.2) is 78.6 Å². The minimum atomic E-state index is -0.800. The third-order valence-corrected chi connectivity index (χ3v) is 3.44. The van der Waals surface area contributed by atoms with Gasteiger partial charge in [0.25, 0.3) is 0 Å². The van der Waals surface area contributed by atoms with Gasteiger partial charge in [0.1, 0.15) is 0 Å². The van der Waals surface area contributed by atoms with Crippen molar-refractivity contribution < 1.29 is 19.5 Å². The van der Waals surface area contributed by atoms with E-state index in [4.69, 9.17) is 5.11 Å². The normalized spacial score (nSPS) is 18.3. The molecule has 3 N–H and O–H groups in total. The molecule has 1 unspecified atom stereocenters. The van der Waals surface area contributed by atoms with Crippen molar-refractivity contribution in [3.05, 3.63) is 0 Å². The Balaban J connectivity index is 2.34. The molecule has 1 aliphatic rings. The van der Waals surface area contributed by atoms with E-state index in [1.54, 1.807) is 6.92 Å². The van der Waals surface area contributed by atoms with Gasteiger partial charge in [0.05, 0.1) is 12.5 Å². The molecular formula is C12H22N4O4. The molecular weight excluding hydrogens is 264 g/mol. The number of hydrogen-bond donors (Lipinski definition) is 3. The van der Waals surface area contributed by atoms with Crippen LogP contribution < -0.4 is 10.6 Å². The minimum absolute atomic E-state index is 0.132. The van der Waals surface area contributed by atoms with E-state index in [9.17, 15) is 14.4 Å². The quantitative estimate of drug-likeness (QED) is 0.594. The first kappa shape index (κ1) is 16.4. The maximum Gasteiger partial charge on any atom is 0.321 e. The third kappa shape index (κ3) is 5.14. The fourth-order valence-corrected chi connectivity index (χ4v) is 2.07. The lowest BCUT2D eigenvalue weighted by molar-refractivity contribution is -0.137. The van der Waals surface area contributed by atoms with Gasteiger partial charge in [-0.3, -0.25) is 19.8 Å². The number of aliphatic carboxylic acids is 1. The van der Waals surface area contributed by atoms with Crippen molar-refractivity contribution >= 4 is 17.9 Å². The molecule has 8 nitrogen and oxygen atoms in total. The Bertz CT molecular complexity index is 366. The number of carboxylic acid groups (broad SMARTS) is 1. The number of carbonyl (C=O) groups is 3. The molecule has 0 aromatic carbocycles. The lowest BCUT2D eigenvalue weighted by atomic mass is 10.2. The van der Waals surface area contributed by atoms with E-state index in [1.807, 2.05) is 4.90 Å². The second-order valence-corrected chi connectivity index (χ2v) is 4.77. The molecule has 1 aliphatic heterocycles. The van der Waals surface area contributed by atoms with Crippen LogP contribution >= 0.6 is 0 Å². The molecule has 0 radical (unpaired) electrons. The van der Waals surface area contributed by atoms with Crippen molar-refractivity contribution in [3.63, 3.8) is 0 Å². The van der Waals surface area contributed by atoms with Crippen molar-refractivity contribution in [2.24, 2.45) is 0 Å². The Morgan fingerprint density at radius 2 is 1.80 bits per heavy atom. The number of amides is 3. The van der Waals surface area contributed by atoms with E-state index in [-0.39, 0.29) is 18.4 Å². The van der Waals surface area contributed by atoms with E-state index in [0.29, 0.717) is 19.6 Å². The molecule has 0 bridgehead atoms. The summed E-state index contributed by atoms with van der Waals surface area (Å²) in [5.41, 5.74) is 0. The van der Waals surface area contributed by atoms with Gasteiger partial charge in [-0.05, 0) is 6.92 Å². The molecule has 0 spiro atoms. The summed E-state index contributed by atoms with van der Waals surface area (Å²) in [6.45, 7) is 5.10. The lowest BCUT2D eigenvalue weighted by Crippen LogP contribution is -2.55. The number of piperazine rings is 1. The first-order valence-electron chi connectivity index (χ1n) is 6.64. The predicted octanol–water partition coefficient (Wildman–Crippen LogP) is -1.08. The van der Waals surface area contributed by atoms with Crippen molar-refractivity contribution in [2.75, 3.05) is 39.8 Å². The molecule has 1 heterocycles. The highest BCUT2D eigenvalue weighted by atomic mass is 16.4. The zero-order valence-corrected chi connectivity index (χ0v) is 11.9. The molecule has 3 amide bonds. The van der Waals surface area contributed by atoms with Gasteiger partial charge in [-0.25, -0.2) is 4.79 Å². The molecule has 0 saturated carbocycles. The molecule has 114 valence electrons. The first-order chi connectivity index (χ1) is 9.43. The van der Waals surface area contributed by atoms with E-state index >= 15 is 0 Å². The van der Waals surface area contributed by atoms with Gasteiger partial charge in [0, 0.05) is 39.8 Å². The Morgan fingerprint density at radius 3 is 2.30 bits per heavy atom. The summed E-state index contributed by atoms with van der Waals surface area (Å²) >= 11 is 0. The molecule has 20 heavy (non-hydrogen) atoms. The van der Waals surface area contributed by atoms with Crippen LogP contribution in [0.2, 0.25) is 0 Å². The van der Waals surface area contributed by atoms with E-state index in [1.165, 1.54) is 7.05 Å². The molecule has 8 heteroatoms. The van der Waals surface area contributed by atoms with Gasteiger partial charge in [-0.1, -0.05) is 0 Å². The van der Waals surface area contributed by atoms with Gasteiger partial charge in [0.2, 0.25) is 5.91 Å². The summed E-state index contributed by atoms with van der Waals surface area (Å²) in [5, 5.41) is 13.2. The monoisotopic (exact) mass is 286 g/mol. The highest BCUT2D eigenvalue weighted by Crippen LogP contribution is 2.07. The Kier molecular flexibility index (Phi) is 6.40. The standard InChI is InChI=1S/C12H22N4O4/c1-9(11(19)14-12(20)13-2)16-7-5-15(6-8-16)4-3-10(17)18/h9H,3-8H2,1-2H3,(H,17,18)(H2,13,14,19,20). The Hall–Kier alpha value is -1.67. The van der Waals surface area contributed by atoms with Crippen LogP contribution in [0.1, 0.15) is 13.3 Å². The first-order valence-corrected chi connectivity index (χ1v) is 6.64. The molecule has 0 aromatic rings. The predicted molar refractivity (Wildman–Crippen MR) is 72.3 cm³/mol. The lowest BCUT2D eigenvalue weighted by Gasteiger charge is -2.37. The number of nitrogens with one attached hydrogen (secondary N) is 2. The number of imide groups is 1. The average molecular weight is 286 g/mol. The van der Waals surface area contributed by atoms with E-state index < -0.39 is 12.0 Å². The fourth-order valence-electron chi connectivity index (χ4n) is 2.07. The van der Waals surface area contributed by atoms with Gasteiger partial charge >= 0.3 is 12.0 Å². The van der Waals surface area contributed by atoms with Crippen LogP contribution in [0.3, 0.4) is 0 Å². The van der Waals surface area contributed by atoms with Crippen LogP contribution in [-0.2, 0) is 9.59 Å². The van der Waals surface area contributed by atoms with Crippen LogP contribution in [0.15, 0.2) is 0 Å². The molecule has 1 atom stereocenters. The zero-order valence-electron chi connectivity index (χ0n) is 11.9. The second-order valence-electron chi connectivity index (χ2n) is 4.77. The summed E-state index contributed by atoms with van der Waals surface area (Å²) in [7, 11) is 1.45. The molecule has 0 aliphatic carbocycles. The summed E-state index contributed by atoms with van der Waals surface area (Å²) < 4.78 is 0. The number of carboxylic acids is 1. The highest BCUT2D eigenvalue weighted by molar-refractivity contribution is 5.96. The van der Waals surface area contributed by atoms with Crippen LogP contribution in [0.4, 0.5) is 4.79 Å². The van der Waals surface area contributed by atoms with Crippen molar-refractivity contribution in [2.45, 2.75) is 19.4 Å². The zero-order chi connectivity index (χ0) is 15.1. The summed E-state index contributed by atoms with van der Waals surface area (Å²) in [6.07, 6.45) is 0.132. The van der Waals surface area contributed by atoms with Crippen molar-refractivity contribution in [1.29, 1.82) is 0 Å². The van der Waals surface area contributed by atoms with E-state index in [0.717, 1.165) is 13.1 Å². The largest absolute Gasteiger partial charge is 0.481 e. The van der Waals surface area contributed by atoms with Crippen LogP contribution in [0.5, 0.6) is 0 Å². The number of nitrogens with zero attached hydrogens (tertiary/aromatic N) is 2. The van der Waals surface area contributed by atoms with Gasteiger partial charge < -0.3 is 15.3 Å². The summed E-state index contributed by atoms with van der Waals surface area (Å²) in [6, 6.07) is -0.893. The number of rotatable bonds is 5. The Morgan fingerprint density at radius 1 is 1.20 bits per heavy atom. The molecule has 1 fully saturated rings. The van der Waals surface area contributed by atoms with Gasteiger partial charge in [-0.2, -0.15) is 0 Å². The van der Waals surface area contributed by atoms with Crippen LogP contribution in [0, 0.1) is 0 Å². The number of urea groups is 1. The van der Waals surface area contributed by atoms with Crippen molar-refractivity contribution in [3.8, 4) is 0 Å². The second kappa shape index (κ2) is 7.81. The van der Waals surface area contributed by atoms with Crippen molar-refractivity contribution in [1.82, 2.24) is 20.4 Å². The molecule has 1 saturated heterocycles. The van der Waals surface area contributed by atoms with E-state index in [2.05, 4.69) is 15.5 Å². The fraction of sp³-hybridized carbons (Fsp3) is 0.750. The average Bonchev–Trinajstić information content (AvgIpc) is 2.44. The maximum atomic E-state index is 11.8.